The number of anilines is 1. The molecule has 118 valence electrons. The molecule has 0 aliphatic heterocycles. The molecule has 5 nitrogen and oxygen atoms in total. The fourth-order valence-electron chi connectivity index (χ4n) is 2.07. The molecule has 21 heavy (non-hydrogen) atoms. The second-order valence-corrected chi connectivity index (χ2v) is 5.68. The summed E-state index contributed by atoms with van der Waals surface area (Å²) in [5, 5.41) is 10.7. The topological polar surface area (TPSA) is 72.4 Å². The van der Waals surface area contributed by atoms with Crippen molar-refractivity contribution in [1.82, 2.24) is 0 Å². The summed E-state index contributed by atoms with van der Waals surface area (Å²) in [4.78, 5) is 11.8. The lowest BCUT2D eigenvalue weighted by atomic mass is 9.92. The Bertz CT molecular complexity index is 507. The molecule has 2 N–H and O–H groups in total. The van der Waals surface area contributed by atoms with Gasteiger partial charge >= 0.3 is 0 Å². The van der Waals surface area contributed by atoms with Gasteiger partial charge in [-0.25, -0.2) is 8.78 Å². The van der Waals surface area contributed by atoms with Crippen molar-refractivity contribution in [1.29, 1.82) is 0 Å². The van der Waals surface area contributed by atoms with Crippen molar-refractivity contribution in [3.63, 3.8) is 0 Å². The second kappa shape index (κ2) is 6.80. The minimum absolute atomic E-state index is 0.239. The van der Waals surface area contributed by atoms with E-state index in [0.29, 0.717) is 25.3 Å². The van der Waals surface area contributed by atoms with E-state index in [1.807, 2.05) is 20.8 Å². The van der Waals surface area contributed by atoms with Crippen LogP contribution in [0.1, 0.15) is 32.8 Å². The number of rotatable bonds is 7. The number of nitrogens with two attached hydrogens (primary N) is 1. The number of nitro benzene ring substituents is 1. The first-order valence-electron chi connectivity index (χ1n) is 6.73. The summed E-state index contributed by atoms with van der Waals surface area (Å²) >= 11 is 0. The largest absolute Gasteiger partial charge is 0.371 e. The number of alkyl halides is 2. The zero-order valence-corrected chi connectivity index (χ0v) is 12.5. The van der Waals surface area contributed by atoms with Crippen molar-refractivity contribution in [2.24, 2.45) is 11.1 Å². The van der Waals surface area contributed by atoms with Crippen molar-refractivity contribution >= 4 is 11.4 Å². The molecule has 1 aromatic carbocycles. The van der Waals surface area contributed by atoms with E-state index in [1.54, 1.807) is 4.90 Å². The monoisotopic (exact) mass is 301 g/mol. The van der Waals surface area contributed by atoms with Crippen LogP contribution in [0.5, 0.6) is 0 Å². The number of benzene rings is 1. The van der Waals surface area contributed by atoms with Crippen LogP contribution < -0.4 is 10.6 Å². The third-order valence-electron chi connectivity index (χ3n) is 3.35. The maximum Gasteiger partial charge on any atom is 0.270 e. The van der Waals surface area contributed by atoms with Crippen molar-refractivity contribution in [2.75, 3.05) is 24.5 Å². The van der Waals surface area contributed by atoms with E-state index in [1.165, 1.54) is 12.1 Å². The SMILES string of the molecule is CCN(CC(C)(C)CN)c1ccc([N+](=O)[O-])cc1C(F)F. The molecule has 0 atom stereocenters. The number of nitro groups is 1. The number of non-ortho nitro benzene ring substituents is 1. The molecule has 0 amide bonds. The minimum Gasteiger partial charge on any atom is -0.371 e. The van der Waals surface area contributed by atoms with Crippen LogP contribution in [0.15, 0.2) is 18.2 Å². The quantitative estimate of drug-likeness (QED) is 0.619. The van der Waals surface area contributed by atoms with Gasteiger partial charge in [-0.05, 0) is 24.9 Å². The van der Waals surface area contributed by atoms with E-state index in [2.05, 4.69) is 0 Å². The van der Waals surface area contributed by atoms with E-state index in [9.17, 15) is 18.9 Å². The van der Waals surface area contributed by atoms with Crippen LogP contribution in [0.25, 0.3) is 0 Å². The molecular formula is C14H21F2N3O2. The molecule has 1 aromatic rings. The van der Waals surface area contributed by atoms with Gasteiger partial charge < -0.3 is 10.6 Å². The Morgan fingerprint density at radius 1 is 1.43 bits per heavy atom. The predicted octanol–water partition coefficient (Wildman–Crippen LogP) is 3.34. The molecule has 7 heteroatoms. The fraction of sp³-hybridized carbons (Fsp3) is 0.571. The molecule has 0 unspecified atom stereocenters. The second-order valence-electron chi connectivity index (χ2n) is 5.68. The molecular weight excluding hydrogens is 280 g/mol. The lowest BCUT2D eigenvalue weighted by Crippen LogP contribution is -2.39. The van der Waals surface area contributed by atoms with E-state index < -0.39 is 11.3 Å². The molecule has 0 aliphatic rings. The predicted molar refractivity (Wildman–Crippen MR) is 78.8 cm³/mol. The van der Waals surface area contributed by atoms with Crippen molar-refractivity contribution in [3.05, 3.63) is 33.9 Å². The van der Waals surface area contributed by atoms with Gasteiger partial charge in [-0.1, -0.05) is 13.8 Å². The van der Waals surface area contributed by atoms with E-state index in [-0.39, 0.29) is 16.7 Å². The Morgan fingerprint density at radius 2 is 2.05 bits per heavy atom. The van der Waals surface area contributed by atoms with Gasteiger partial charge in [0.2, 0.25) is 0 Å². The minimum atomic E-state index is -2.77. The van der Waals surface area contributed by atoms with Crippen LogP contribution in [0.3, 0.4) is 0 Å². The maximum atomic E-state index is 13.2. The van der Waals surface area contributed by atoms with Gasteiger partial charge in [-0.3, -0.25) is 10.1 Å². The third kappa shape index (κ3) is 4.35. The lowest BCUT2D eigenvalue weighted by molar-refractivity contribution is -0.385. The first kappa shape index (κ1) is 17.3. The van der Waals surface area contributed by atoms with Crippen molar-refractivity contribution in [3.8, 4) is 0 Å². The van der Waals surface area contributed by atoms with Crippen LogP contribution >= 0.6 is 0 Å². The summed E-state index contributed by atoms with van der Waals surface area (Å²) in [5.74, 6) is 0. The average molecular weight is 301 g/mol. The summed E-state index contributed by atoms with van der Waals surface area (Å²) in [6.45, 7) is 7.18. The van der Waals surface area contributed by atoms with Gasteiger partial charge in [-0.2, -0.15) is 0 Å². The highest BCUT2D eigenvalue weighted by Gasteiger charge is 2.25. The molecule has 0 radical (unpaired) electrons. The number of hydrogen-bond acceptors (Lipinski definition) is 4. The van der Waals surface area contributed by atoms with Crippen LogP contribution in [0.4, 0.5) is 20.2 Å². The number of hydrogen-bond donors (Lipinski definition) is 1. The Kier molecular flexibility index (Phi) is 5.60. The van der Waals surface area contributed by atoms with Gasteiger partial charge in [0, 0.05) is 36.5 Å². The highest BCUT2D eigenvalue weighted by atomic mass is 19.3. The summed E-state index contributed by atoms with van der Waals surface area (Å²) in [5.41, 5.74) is 5.11. The van der Waals surface area contributed by atoms with Crippen LogP contribution in [0, 0.1) is 15.5 Å². The van der Waals surface area contributed by atoms with Gasteiger partial charge in [0.1, 0.15) is 0 Å². The smallest absolute Gasteiger partial charge is 0.270 e. The zero-order valence-electron chi connectivity index (χ0n) is 12.5. The summed E-state index contributed by atoms with van der Waals surface area (Å²) in [6, 6.07) is 3.58. The molecule has 0 saturated heterocycles. The van der Waals surface area contributed by atoms with Crippen LogP contribution in [-0.2, 0) is 0 Å². The molecule has 0 aliphatic carbocycles. The molecule has 0 fully saturated rings. The van der Waals surface area contributed by atoms with Crippen LogP contribution in [0.2, 0.25) is 0 Å². The van der Waals surface area contributed by atoms with E-state index >= 15 is 0 Å². The Balaban J connectivity index is 3.23. The molecule has 0 saturated carbocycles. The Morgan fingerprint density at radius 3 is 2.48 bits per heavy atom. The van der Waals surface area contributed by atoms with Crippen LogP contribution in [-0.4, -0.2) is 24.6 Å². The van der Waals surface area contributed by atoms with Gasteiger partial charge in [0.25, 0.3) is 12.1 Å². The summed E-state index contributed by atoms with van der Waals surface area (Å²) in [6.07, 6.45) is -2.77. The van der Waals surface area contributed by atoms with Crippen molar-refractivity contribution in [2.45, 2.75) is 27.2 Å². The van der Waals surface area contributed by atoms with Crippen molar-refractivity contribution < 1.29 is 13.7 Å². The Hall–Kier alpha value is -1.76. The number of nitrogens with zero attached hydrogens (tertiary/aromatic N) is 2. The highest BCUT2D eigenvalue weighted by molar-refractivity contribution is 5.58. The van der Waals surface area contributed by atoms with Gasteiger partial charge in [0.05, 0.1) is 4.92 Å². The molecule has 0 aromatic heterocycles. The van der Waals surface area contributed by atoms with Gasteiger partial charge in [0.15, 0.2) is 0 Å². The third-order valence-corrected chi connectivity index (χ3v) is 3.35. The maximum absolute atomic E-state index is 13.2. The molecule has 0 bridgehead atoms. The first-order chi connectivity index (χ1) is 9.71. The van der Waals surface area contributed by atoms with E-state index in [0.717, 1.165) is 6.07 Å². The molecule has 0 spiro atoms. The fourth-order valence-corrected chi connectivity index (χ4v) is 2.07. The normalized spacial score (nSPS) is 11.8. The first-order valence-corrected chi connectivity index (χ1v) is 6.73. The zero-order chi connectivity index (χ0) is 16.2. The number of halogens is 2. The van der Waals surface area contributed by atoms with Gasteiger partial charge in [-0.15, -0.1) is 0 Å². The summed E-state index contributed by atoms with van der Waals surface area (Å²) in [7, 11) is 0. The Labute approximate surface area is 122 Å². The standard InChI is InChI=1S/C14H21F2N3O2/c1-4-18(9-14(2,3)8-17)12-6-5-10(19(20)21)7-11(12)13(15)16/h5-7,13H,4,8-9,17H2,1-3H3. The molecule has 1 rings (SSSR count). The average Bonchev–Trinajstić information content (AvgIpc) is 2.44. The molecule has 0 heterocycles. The highest BCUT2D eigenvalue weighted by Crippen LogP contribution is 2.34. The summed E-state index contributed by atoms with van der Waals surface area (Å²) < 4.78 is 26.4. The lowest BCUT2D eigenvalue weighted by Gasteiger charge is -2.33. The van der Waals surface area contributed by atoms with E-state index in [4.69, 9.17) is 5.73 Å².